The van der Waals surface area contributed by atoms with Gasteiger partial charge in [0.15, 0.2) is 0 Å². The predicted octanol–water partition coefficient (Wildman–Crippen LogP) is 0.908. The van der Waals surface area contributed by atoms with Crippen molar-refractivity contribution in [2.45, 2.75) is 19.9 Å². The van der Waals surface area contributed by atoms with Crippen molar-refractivity contribution in [3.8, 4) is 5.75 Å². The van der Waals surface area contributed by atoms with Gasteiger partial charge in [-0.05, 0) is 31.5 Å². The summed E-state index contributed by atoms with van der Waals surface area (Å²) < 4.78 is 29.8. The summed E-state index contributed by atoms with van der Waals surface area (Å²) in [7, 11) is -1.60. The molecule has 0 aliphatic carbocycles. The smallest absolute Gasteiger partial charge is 0.241 e. The Morgan fingerprint density at radius 1 is 1.25 bits per heavy atom. The maximum atomic E-state index is 12.5. The van der Waals surface area contributed by atoms with Crippen molar-refractivity contribution >= 4 is 21.6 Å². The second-order valence-electron chi connectivity index (χ2n) is 6.07. The van der Waals surface area contributed by atoms with Gasteiger partial charge in [0.1, 0.15) is 5.75 Å². The van der Waals surface area contributed by atoms with Gasteiger partial charge in [-0.1, -0.05) is 6.07 Å². The lowest BCUT2D eigenvalue weighted by molar-refractivity contribution is -0.121. The van der Waals surface area contributed by atoms with Crippen LogP contribution < -0.4 is 10.1 Å². The Bertz CT molecular complexity index is 697. The Kier molecular flexibility index (Phi) is 5.84. The zero-order chi connectivity index (χ0) is 17.9. The summed E-state index contributed by atoms with van der Waals surface area (Å²) in [4.78, 5) is 14.5. The maximum Gasteiger partial charge on any atom is 0.241 e. The van der Waals surface area contributed by atoms with Crippen molar-refractivity contribution in [2.75, 3.05) is 44.9 Å². The van der Waals surface area contributed by atoms with Crippen LogP contribution in [-0.4, -0.2) is 69.1 Å². The van der Waals surface area contributed by atoms with E-state index in [0.717, 1.165) is 5.56 Å². The molecule has 1 aliphatic heterocycles. The number of rotatable bonds is 5. The average Bonchev–Trinajstić information content (AvgIpc) is 2.53. The van der Waals surface area contributed by atoms with E-state index in [1.54, 1.807) is 7.11 Å². The van der Waals surface area contributed by atoms with E-state index in [1.165, 1.54) is 10.6 Å². The maximum absolute atomic E-state index is 12.5. The molecule has 1 aromatic rings. The molecule has 0 radical (unpaired) electrons. The van der Waals surface area contributed by atoms with Crippen LogP contribution in [0.4, 0.5) is 5.69 Å². The van der Waals surface area contributed by atoms with Gasteiger partial charge in [-0.15, -0.1) is 0 Å². The van der Waals surface area contributed by atoms with Gasteiger partial charge in [0.2, 0.25) is 15.9 Å². The highest BCUT2D eigenvalue weighted by molar-refractivity contribution is 7.88. The second-order valence-corrected chi connectivity index (χ2v) is 8.05. The van der Waals surface area contributed by atoms with Crippen molar-refractivity contribution in [1.82, 2.24) is 9.21 Å². The third kappa shape index (κ3) is 4.46. The SMILES string of the molecule is COc1ccc(C)cc1NC(=O)[C@@H](C)N1CCN(S(C)(=O)=O)CC1. The summed E-state index contributed by atoms with van der Waals surface area (Å²) in [5.41, 5.74) is 1.67. The number of aryl methyl sites for hydroxylation is 1. The van der Waals surface area contributed by atoms with Gasteiger partial charge >= 0.3 is 0 Å². The number of hydrogen-bond donors (Lipinski definition) is 1. The Morgan fingerprint density at radius 2 is 1.88 bits per heavy atom. The van der Waals surface area contributed by atoms with Crippen LogP contribution in [-0.2, 0) is 14.8 Å². The van der Waals surface area contributed by atoms with E-state index < -0.39 is 10.0 Å². The van der Waals surface area contributed by atoms with E-state index in [2.05, 4.69) is 5.32 Å². The molecule has 2 rings (SSSR count). The van der Waals surface area contributed by atoms with E-state index in [1.807, 2.05) is 36.9 Å². The molecule has 1 amide bonds. The van der Waals surface area contributed by atoms with Crippen molar-refractivity contribution in [1.29, 1.82) is 0 Å². The van der Waals surface area contributed by atoms with E-state index >= 15 is 0 Å². The minimum absolute atomic E-state index is 0.133. The number of anilines is 1. The standard InChI is InChI=1S/C16H25N3O4S/c1-12-5-6-15(23-3)14(11-12)17-16(20)13(2)18-7-9-19(10-8-18)24(4,21)22/h5-6,11,13H,7-10H2,1-4H3,(H,17,20)/t13-/m1/s1. The monoisotopic (exact) mass is 355 g/mol. The lowest BCUT2D eigenvalue weighted by Gasteiger charge is -2.36. The molecule has 7 nitrogen and oxygen atoms in total. The number of carbonyl (C=O) groups excluding carboxylic acids is 1. The normalized spacial score (nSPS) is 18.2. The number of carbonyl (C=O) groups is 1. The van der Waals surface area contributed by atoms with Gasteiger partial charge in [0.25, 0.3) is 0 Å². The van der Waals surface area contributed by atoms with Crippen molar-refractivity contribution in [3.63, 3.8) is 0 Å². The molecule has 1 heterocycles. The van der Waals surface area contributed by atoms with Crippen molar-refractivity contribution < 1.29 is 17.9 Å². The van der Waals surface area contributed by atoms with E-state index in [-0.39, 0.29) is 11.9 Å². The van der Waals surface area contributed by atoms with E-state index in [0.29, 0.717) is 37.6 Å². The molecule has 134 valence electrons. The molecule has 1 N–H and O–H groups in total. The van der Waals surface area contributed by atoms with Gasteiger partial charge in [0, 0.05) is 26.2 Å². The lowest BCUT2D eigenvalue weighted by atomic mass is 10.2. The molecular formula is C16H25N3O4S. The first-order valence-electron chi connectivity index (χ1n) is 7.87. The van der Waals surface area contributed by atoms with E-state index in [4.69, 9.17) is 4.74 Å². The number of hydrogen-bond acceptors (Lipinski definition) is 5. The molecule has 1 aromatic carbocycles. The molecule has 0 aromatic heterocycles. The predicted molar refractivity (Wildman–Crippen MR) is 93.8 cm³/mol. The third-order valence-corrected chi connectivity index (χ3v) is 5.59. The van der Waals surface area contributed by atoms with Gasteiger partial charge in [0.05, 0.1) is 25.1 Å². The van der Waals surface area contributed by atoms with Crippen molar-refractivity contribution in [3.05, 3.63) is 23.8 Å². The highest BCUT2D eigenvalue weighted by Gasteiger charge is 2.29. The molecule has 8 heteroatoms. The number of amides is 1. The fourth-order valence-electron chi connectivity index (χ4n) is 2.75. The first kappa shape index (κ1) is 18.7. The second kappa shape index (κ2) is 7.50. The van der Waals surface area contributed by atoms with Gasteiger partial charge in [-0.25, -0.2) is 8.42 Å². The molecule has 0 unspecified atom stereocenters. The zero-order valence-corrected chi connectivity index (χ0v) is 15.4. The molecule has 1 atom stereocenters. The first-order chi connectivity index (χ1) is 11.2. The Balaban J connectivity index is 2.00. The van der Waals surface area contributed by atoms with Crippen LogP contribution in [0.25, 0.3) is 0 Å². The number of ether oxygens (including phenoxy) is 1. The number of benzene rings is 1. The summed E-state index contributed by atoms with van der Waals surface area (Å²) >= 11 is 0. The topological polar surface area (TPSA) is 79.0 Å². The fourth-order valence-corrected chi connectivity index (χ4v) is 3.57. The summed E-state index contributed by atoms with van der Waals surface area (Å²) in [6.45, 7) is 5.66. The first-order valence-corrected chi connectivity index (χ1v) is 9.72. The van der Waals surface area contributed by atoms with Crippen LogP contribution in [0.2, 0.25) is 0 Å². The number of methoxy groups -OCH3 is 1. The molecule has 1 fully saturated rings. The van der Waals surface area contributed by atoms with E-state index in [9.17, 15) is 13.2 Å². The lowest BCUT2D eigenvalue weighted by Crippen LogP contribution is -2.53. The van der Waals surface area contributed by atoms with Crippen LogP contribution in [0, 0.1) is 6.92 Å². The quantitative estimate of drug-likeness (QED) is 0.849. The number of piperazine rings is 1. The minimum Gasteiger partial charge on any atom is -0.495 e. The number of nitrogens with one attached hydrogen (secondary N) is 1. The van der Waals surface area contributed by atoms with Crippen LogP contribution >= 0.6 is 0 Å². The molecular weight excluding hydrogens is 330 g/mol. The molecule has 1 saturated heterocycles. The summed E-state index contributed by atoms with van der Waals surface area (Å²) in [6, 6.07) is 5.25. The summed E-state index contributed by atoms with van der Waals surface area (Å²) in [5, 5.41) is 2.90. The van der Waals surface area contributed by atoms with Gasteiger partial charge in [-0.2, -0.15) is 4.31 Å². The largest absolute Gasteiger partial charge is 0.495 e. The van der Waals surface area contributed by atoms with Crippen LogP contribution in [0.15, 0.2) is 18.2 Å². The highest BCUT2D eigenvalue weighted by Crippen LogP contribution is 2.25. The third-order valence-electron chi connectivity index (χ3n) is 4.28. The van der Waals surface area contributed by atoms with Gasteiger partial charge < -0.3 is 10.1 Å². The number of sulfonamides is 1. The van der Waals surface area contributed by atoms with Gasteiger partial charge in [-0.3, -0.25) is 9.69 Å². The molecule has 0 spiro atoms. The average molecular weight is 355 g/mol. The number of nitrogens with zero attached hydrogens (tertiary/aromatic N) is 2. The minimum atomic E-state index is -3.17. The van der Waals surface area contributed by atoms with Crippen molar-refractivity contribution in [2.24, 2.45) is 0 Å². The fraction of sp³-hybridized carbons (Fsp3) is 0.562. The van der Waals surface area contributed by atoms with Crippen LogP contribution in [0.3, 0.4) is 0 Å². The molecule has 0 bridgehead atoms. The Labute approximate surface area is 143 Å². The zero-order valence-electron chi connectivity index (χ0n) is 14.6. The molecule has 1 aliphatic rings. The Morgan fingerprint density at radius 3 is 2.42 bits per heavy atom. The van der Waals surface area contributed by atoms with Crippen LogP contribution in [0.5, 0.6) is 5.75 Å². The molecule has 24 heavy (non-hydrogen) atoms. The Hall–Kier alpha value is -1.64. The summed E-state index contributed by atoms with van der Waals surface area (Å²) in [5.74, 6) is 0.481. The van der Waals surface area contributed by atoms with Crippen LogP contribution in [0.1, 0.15) is 12.5 Å². The molecule has 0 saturated carbocycles. The summed E-state index contributed by atoms with van der Waals surface area (Å²) in [6.07, 6.45) is 1.21. The highest BCUT2D eigenvalue weighted by atomic mass is 32.2.